The van der Waals surface area contributed by atoms with E-state index in [4.69, 9.17) is 0 Å². The van der Waals surface area contributed by atoms with Crippen molar-refractivity contribution in [2.75, 3.05) is 0 Å². The first-order valence-corrected chi connectivity index (χ1v) is 8.50. The van der Waals surface area contributed by atoms with Gasteiger partial charge in [0.05, 0.1) is 5.41 Å². The third kappa shape index (κ3) is 2.65. The highest BCUT2D eigenvalue weighted by Gasteiger charge is 2.54. The van der Waals surface area contributed by atoms with Crippen LogP contribution >= 0.6 is 0 Å². The van der Waals surface area contributed by atoms with Gasteiger partial charge in [0.25, 0.3) is 0 Å². The number of rotatable bonds is 3. The molecule has 0 atom stereocenters. The zero-order valence-corrected chi connectivity index (χ0v) is 13.5. The van der Waals surface area contributed by atoms with E-state index in [-0.39, 0.29) is 11.9 Å². The molecule has 10 nitrogen and oxygen atoms in total. The lowest BCUT2D eigenvalue weighted by molar-refractivity contribution is -0.494. The summed E-state index contributed by atoms with van der Waals surface area (Å²) in [5.74, 6) is -0.836. The Hall–Kier alpha value is -2.52. The van der Waals surface area contributed by atoms with Crippen LogP contribution in [-0.2, 0) is 14.4 Å². The fourth-order valence-electron chi connectivity index (χ4n) is 5.38. The van der Waals surface area contributed by atoms with E-state index in [0.717, 1.165) is 19.3 Å². The van der Waals surface area contributed by atoms with Crippen LogP contribution in [0.15, 0.2) is 5.10 Å². The molecule has 0 unspecified atom stereocenters. The SMILES string of the molecule is O=C1NC(=NNC(=O)C23CC4CC(CC(C4)C2)C3)NC(=O)C1[N+](=O)[O-]. The Labute approximate surface area is 142 Å². The van der Waals surface area contributed by atoms with Crippen LogP contribution in [0.2, 0.25) is 0 Å². The van der Waals surface area contributed by atoms with Crippen LogP contribution in [0.4, 0.5) is 0 Å². The Kier molecular flexibility index (Phi) is 3.51. The van der Waals surface area contributed by atoms with E-state index >= 15 is 0 Å². The summed E-state index contributed by atoms with van der Waals surface area (Å²) in [6.07, 6.45) is 6.19. The molecule has 1 saturated heterocycles. The summed E-state index contributed by atoms with van der Waals surface area (Å²) in [6.45, 7) is 0. The van der Waals surface area contributed by atoms with Crippen molar-refractivity contribution in [3.05, 3.63) is 10.1 Å². The molecule has 5 aliphatic rings. The molecule has 134 valence electrons. The maximum Gasteiger partial charge on any atom is 0.366 e. The predicted octanol–water partition coefficient (Wildman–Crippen LogP) is -0.519. The van der Waals surface area contributed by atoms with Gasteiger partial charge >= 0.3 is 17.9 Å². The van der Waals surface area contributed by atoms with Gasteiger partial charge < -0.3 is 0 Å². The van der Waals surface area contributed by atoms with E-state index in [9.17, 15) is 24.5 Å². The third-order valence-electron chi connectivity index (χ3n) is 5.98. The summed E-state index contributed by atoms with van der Waals surface area (Å²) in [7, 11) is 0. The van der Waals surface area contributed by atoms with Crippen molar-refractivity contribution >= 4 is 23.7 Å². The van der Waals surface area contributed by atoms with Crippen LogP contribution in [0.5, 0.6) is 0 Å². The first kappa shape index (κ1) is 16.0. The second kappa shape index (κ2) is 5.50. The third-order valence-corrected chi connectivity index (χ3v) is 5.98. The standard InChI is InChI=1S/C15H19N5O5/c21-11-10(20(24)25)12(22)17-14(16-11)19-18-13(23)15-4-7-1-8(5-15)3-9(2-7)6-15/h7-10H,1-6H2,(H,18,23)(H2,16,17,19,21,22). The number of guanidine groups is 1. The van der Waals surface area contributed by atoms with Crippen LogP contribution in [0.3, 0.4) is 0 Å². The zero-order chi connectivity index (χ0) is 17.8. The summed E-state index contributed by atoms with van der Waals surface area (Å²) in [5, 5.41) is 18.7. The van der Waals surface area contributed by atoms with Gasteiger partial charge in [0, 0.05) is 4.92 Å². The molecule has 0 radical (unpaired) electrons. The number of nitrogens with one attached hydrogen (secondary N) is 3. The van der Waals surface area contributed by atoms with Crippen LogP contribution < -0.4 is 16.1 Å². The smallest absolute Gasteiger partial charge is 0.288 e. The quantitative estimate of drug-likeness (QED) is 0.357. The van der Waals surface area contributed by atoms with E-state index in [1.54, 1.807) is 0 Å². The van der Waals surface area contributed by atoms with Gasteiger partial charge in [0.2, 0.25) is 11.9 Å². The molecule has 4 bridgehead atoms. The number of hydrogen-bond donors (Lipinski definition) is 3. The molecule has 5 fully saturated rings. The molecule has 0 spiro atoms. The van der Waals surface area contributed by atoms with Crippen LogP contribution in [0.25, 0.3) is 0 Å². The zero-order valence-electron chi connectivity index (χ0n) is 13.5. The molecule has 0 aromatic carbocycles. The number of carbonyl (C=O) groups excluding carboxylic acids is 3. The van der Waals surface area contributed by atoms with Crippen molar-refractivity contribution in [3.63, 3.8) is 0 Å². The number of amides is 3. The molecular formula is C15H19N5O5. The fourth-order valence-corrected chi connectivity index (χ4v) is 5.38. The average molecular weight is 349 g/mol. The normalized spacial score (nSPS) is 38.8. The maximum atomic E-state index is 12.7. The van der Waals surface area contributed by atoms with Gasteiger partial charge in [0.15, 0.2) is 0 Å². The second-order valence-corrected chi connectivity index (χ2v) is 7.77. The van der Waals surface area contributed by atoms with Gasteiger partial charge in [-0.2, -0.15) is 0 Å². The topological polar surface area (TPSA) is 143 Å². The summed E-state index contributed by atoms with van der Waals surface area (Å²) < 4.78 is 0. The Bertz CT molecular complexity index is 647. The second-order valence-electron chi connectivity index (χ2n) is 7.77. The first-order valence-electron chi connectivity index (χ1n) is 8.50. The summed E-state index contributed by atoms with van der Waals surface area (Å²) >= 11 is 0. The molecule has 0 aromatic rings. The highest BCUT2D eigenvalue weighted by atomic mass is 16.6. The molecule has 4 aliphatic carbocycles. The number of nitro groups is 1. The van der Waals surface area contributed by atoms with Gasteiger partial charge in [-0.05, 0) is 56.3 Å². The minimum atomic E-state index is -2.00. The van der Waals surface area contributed by atoms with Crippen LogP contribution in [0.1, 0.15) is 38.5 Å². The summed E-state index contributed by atoms with van der Waals surface area (Å²) in [6, 6.07) is -2.00. The summed E-state index contributed by atoms with van der Waals surface area (Å²) in [4.78, 5) is 45.7. The minimum absolute atomic E-state index is 0.195. The average Bonchev–Trinajstić information content (AvgIpc) is 2.50. The number of hydrogen-bond acceptors (Lipinski definition) is 6. The number of hydrazone groups is 1. The van der Waals surface area contributed by atoms with Crippen molar-refractivity contribution < 1.29 is 19.3 Å². The lowest BCUT2D eigenvalue weighted by Gasteiger charge is -2.55. The molecule has 5 rings (SSSR count). The van der Waals surface area contributed by atoms with E-state index in [1.807, 2.05) is 0 Å². The predicted molar refractivity (Wildman–Crippen MR) is 83.3 cm³/mol. The molecule has 3 amide bonds. The van der Waals surface area contributed by atoms with Crippen molar-refractivity contribution in [2.24, 2.45) is 28.3 Å². The first-order chi connectivity index (χ1) is 11.9. The molecule has 0 aromatic heterocycles. The Balaban J connectivity index is 1.44. The summed E-state index contributed by atoms with van der Waals surface area (Å²) in [5.41, 5.74) is 2.03. The van der Waals surface area contributed by atoms with Crippen molar-refractivity contribution in [1.82, 2.24) is 16.1 Å². The molecule has 4 saturated carbocycles. The van der Waals surface area contributed by atoms with Crippen molar-refractivity contribution in [1.29, 1.82) is 0 Å². The Morgan fingerprint density at radius 2 is 1.56 bits per heavy atom. The van der Waals surface area contributed by atoms with Crippen molar-refractivity contribution in [2.45, 2.75) is 44.6 Å². The number of nitrogens with zero attached hydrogens (tertiary/aromatic N) is 2. The Morgan fingerprint density at radius 1 is 1.08 bits per heavy atom. The van der Waals surface area contributed by atoms with E-state index in [1.165, 1.54) is 19.3 Å². The molecule has 1 heterocycles. The van der Waals surface area contributed by atoms with Gasteiger partial charge in [-0.1, -0.05) is 0 Å². The van der Waals surface area contributed by atoms with E-state index < -0.39 is 28.2 Å². The number of carbonyl (C=O) groups is 3. The molecular weight excluding hydrogens is 330 g/mol. The largest absolute Gasteiger partial charge is 0.366 e. The molecule has 3 N–H and O–H groups in total. The molecule has 25 heavy (non-hydrogen) atoms. The fraction of sp³-hybridized carbons (Fsp3) is 0.733. The van der Waals surface area contributed by atoms with Crippen LogP contribution in [0, 0.1) is 33.3 Å². The van der Waals surface area contributed by atoms with Gasteiger partial charge in [-0.3, -0.25) is 35.1 Å². The Morgan fingerprint density at radius 3 is 2.00 bits per heavy atom. The van der Waals surface area contributed by atoms with Gasteiger partial charge in [-0.25, -0.2) is 5.43 Å². The van der Waals surface area contributed by atoms with Crippen molar-refractivity contribution in [3.8, 4) is 0 Å². The minimum Gasteiger partial charge on any atom is -0.288 e. The highest BCUT2D eigenvalue weighted by Crippen LogP contribution is 2.60. The van der Waals surface area contributed by atoms with E-state index in [2.05, 4.69) is 21.2 Å². The van der Waals surface area contributed by atoms with Gasteiger partial charge in [0.1, 0.15) is 0 Å². The lowest BCUT2D eigenvalue weighted by atomic mass is 9.49. The van der Waals surface area contributed by atoms with E-state index in [0.29, 0.717) is 17.8 Å². The van der Waals surface area contributed by atoms with Crippen LogP contribution in [-0.4, -0.2) is 34.6 Å². The lowest BCUT2D eigenvalue weighted by Crippen LogP contribution is -2.62. The van der Waals surface area contributed by atoms with Gasteiger partial charge in [-0.15, -0.1) is 5.10 Å². The highest BCUT2D eigenvalue weighted by molar-refractivity contribution is 6.19. The molecule has 10 heteroatoms. The monoisotopic (exact) mass is 349 g/mol. The maximum absolute atomic E-state index is 12.7. The molecule has 1 aliphatic heterocycles.